The average Bonchev–Trinajstić information content (AvgIpc) is 3.44. The van der Waals surface area contributed by atoms with E-state index in [1.807, 2.05) is 6.07 Å². The van der Waals surface area contributed by atoms with Gasteiger partial charge < -0.3 is 15.1 Å². The van der Waals surface area contributed by atoms with Gasteiger partial charge in [-0.05, 0) is 50.1 Å². The molecular weight excluding hydrogens is 504 g/mol. The molecule has 1 fully saturated rings. The molecule has 2 aliphatic rings. The summed E-state index contributed by atoms with van der Waals surface area (Å²) in [6.07, 6.45) is 3.40. The molecular formula is C21H27ClN4O4S3. The monoisotopic (exact) mass is 530 g/mol. The van der Waals surface area contributed by atoms with Gasteiger partial charge in [0.1, 0.15) is 0 Å². The van der Waals surface area contributed by atoms with E-state index in [0.29, 0.717) is 27.1 Å². The molecule has 2 aliphatic heterocycles. The minimum Gasteiger partial charge on any atom is -0.347 e. The van der Waals surface area contributed by atoms with Gasteiger partial charge in [-0.15, -0.1) is 22.7 Å². The summed E-state index contributed by atoms with van der Waals surface area (Å²) in [6, 6.07) is 4.70. The first-order valence-corrected chi connectivity index (χ1v) is 14.6. The van der Waals surface area contributed by atoms with Crippen LogP contribution in [0.15, 0.2) is 18.2 Å². The Balaban J connectivity index is 1.50. The van der Waals surface area contributed by atoms with Gasteiger partial charge in [-0.3, -0.25) is 9.59 Å². The number of nitrogens with one attached hydrogen (secondary N) is 2. The summed E-state index contributed by atoms with van der Waals surface area (Å²) in [6.45, 7) is 2.36. The van der Waals surface area contributed by atoms with Crippen LogP contribution in [0.1, 0.15) is 36.2 Å². The van der Waals surface area contributed by atoms with Crippen LogP contribution in [-0.4, -0.2) is 81.6 Å². The fourth-order valence-corrected chi connectivity index (χ4v) is 6.85. The molecule has 4 heterocycles. The van der Waals surface area contributed by atoms with E-state index in [2.05, 4.69) is 22.0 Å². The van der Waals surface area contributed by atoms with Crippen molar-refractivity contribution in [3.63, 3.8) is 0 Å². The molecule has 12 heteroatoms. The standard InChI is InChI=1S/C21H27ClN4O4S3/c1-25-7-5-13-9-18(31-16(13)6-8-25)21(28)26-12-14(10-15(26)11-23-33(2,29)30)24-20(27)17-3-4-19(22)32-17/h3-4,9,14-15,23H,5-8,10-12H2,1-2H3,(H,24,27)/t14-,15+/m1/s1. The van der Waals surface area contributed by atoms with E-state index < -0.39 is 10.0 Å². The van der Waals surface area contributed by atoms with E-state index in [1.165, 1.54) is 33.1 Å². The zero-order valence-electron chi connectivity index (χ0n) is 18.5. The molecule has 0 unspecified atom stereocenters. The summed E-state index contributed by atoms with van der Waals surface area (Å²) in [5, 5.41) is 2.97. The normalized spacial score (nSPS) is 21.6. The molecule has 2 atom stereocenters. The second-order valence-electron chi connectivity index (χ2n) is 8.60. The molecule has 2 aromatic rings. The maximum Gasteiger partial charge on any atom is 0.264 e. The number of hydrogen-bond donors (Lipinski definition) is 2. The van der Waals surface area contributed by atoms with Crippen LogP contribution in [0.25, 0.3) is 0 Å². The number of thiophene rings is 2. The summed E-state index contributed by atoms with van der Waals surface area (Å²) in [5.41, 5.74) is 1.22. The Morgan fingerprint density at radius 2 is 1.94 bits per heavy atom. The van der Waals surface area contributed by atoms with E-state index in [4.69, 9.17) is 11.6 Å². The summed E-state index contributed by atoms with van der Waals surface area (Å²) >= 11 is 8.66. The number of rotatable bonds is 6. The summed E-state index contributed by atoms with van der Waals surface area (Å²) in [7, 11) is -1.31. The van der Waals surface area contributed by atoms with Crippen LogP contribution in [0.5, 0.6) is 0 Å². The molecule has 8 nitrogen and oxygen atoms in total. The van der Waals surface area contributed by atoms with Crippen molar-refractivity contribution in [1.82, 2.24) is 19.8 Å². The lowest BCUT2D eigenvalue weighted by molar-refractivity contribution is 0.0737. The molecule has 0 aliphatic carbocycles. The van der Waals surface area contributed by atoms with Gasteiger partial charge in [-0.2, -0.15) is 0 Å². The second-order valence-corrected chi connectivity index (χ2v) is 13.3. The van der Waals surface area contributed by atoms with Gasteiger partial charge >= 0.3 is 0 Å². The number of likely N-dealkylation sites (N-methyl/N-ethyl adjacent to an activating group) is 1. The van der Waals surface area contributed by atoms with Crippen molar-refractivity contribution in [2.45, 2.75) is 31.3 Å². The van der Waals surface area contributed by atoms with Crippen LogP contribution >= 0.6 is 34.3 Å². The first-order chi connectivity index (χ1) is 15.6. The van der Waals surface area contributed by atoms with E-state index in [0.717, 1.165) is 32.2 Å². The fraction of sp³-hybridized carbons (Fsp3) is 0.524. The highest BCUT2D eigenvalue weighted by Crippen LogP contribution is 2.30. The van der Waals surface area contributed by atoms with Crippen molar-refractivity contribution in [3.8, 4) is 0 Å². The highest BCUT2D eigenvalue weighted by Gasteiger charge is 2.37. The van der Waals surface area contributed by atoms with Crippen LogP contribution in [0.3, 0.4) is 0 Å². The number of sulfonamides is 1. The Bertz CT molecular complexity index is 1120. The predicted octanol–water partition coefficient (Wildman–Crippen LogP) is 2.06. The minimum absolute atomic E-state index is 0.109. The quantitative estimate of drug-likeness (QED) is 0.595. The molecule has 0 spiro atoms. The van der Waals surface area contributed by atoms with Crippen LogP contribution < -0.4 is 10.0 Å². The lowest BCUT2D eigenvalue weighted by Crippen LogP contribution is -2.43. The van der Waals surface area contributed by atoms with E-state index >= 15 is 0 Å². The lowest BCUT2D eigenvalue weighted by atomic mass is 10.1. The van der Waals surface area contributed by atoms with Crippen molar-refractivity contribution >= 4 is 56.1 Å². The SMILES string of the molecule is CN1CCc2cc(C(=O)N3C[C@H](NC(=O)c4ccc(Cl)s4)C[C@H]3CNS(C)(=O)=O)sc2CC1. The Hall–Kier alpha value is -1.50. The molecule has 0 saturated carbocycles. The number of halogens is 1. The topological polar surface area (TPSA) is 98.8 Å². The predicted molar refractivity (Wildman–Crippen MR) is 132 cm³/mol. The Morgan fingerprint density at radius 1 is 1.18 bits per heavy atom. The van der Waals surface area contributed by atoms with Crippen LogP contribution in [0.2, 0.25) is 4.34 Å². The van der Waals surface area contributed by atoms with E-state index in [1.54, 1.807) is 17.0 Å². The molecule has 2 N–H and O–H groups in total. The van der Waals surface area contributed by atoms with Crippen LogP contribution in [-0.2, 0) is 22.9 Å². The number of carbonyl (C=O) groups excluding carboxylic acids is 2. The Labute approximate surface area is 207 Å². The van der Waals surface area contributed by atoms with Gasteiger partial charge in [0.2, 0.25) is 10.0 Å². The van der Waals surface area contributed by atoms with Crippen molar-refractivity contribution in [2.24, 2.45) is 0 Å². The Morgan fingerprint density at radius 3 is 2.64 bits per heavy atom. The summed E-state index contributed by atoms with van der Waals surface area (Å²) in [4.78, 5) is 32.5. The number of fused-ring (bicyclic) bond motifs is 1. The third kappa shape index (κ3) is 6.14. The van der Waals surface area contributed by atoms with Gasteiger partial charge in [0.15, 0.2) is 0 Å². The zero-order chi connectivity index (χ0) is 23.8. The maximum atomic E-state index is 13.5. The van der Waals surface area contributed by atoms with Crippen molar-refractivity contribution in [1.29, 1.82) is 0 Å². The number of likely N-dealkylation sites (tertiary alicyclic amines) is 1. The molecule has 180 valence electrons. The molecule has 0 radical (unpaired) electrons. The van der Waals surface area contributed by atoms with Crippen molar-refractivity contribution in [3.05, 3.63) is 42.7 Å². The molecule has 1 saturated heterocycles. The van der Waals surface area contributed by atoms with Crippen molar-refractivity contribution < 1.29 is 18.0 Å². The fourth-order valence-electron chi connectivity index (χ4n) is 4.26. The van der Waals surface area contributed by atoms with Gasteiger partial charge in [-0.1, -0.05) is 11.6 Å². The molecule has 0 aromatic carbocycles. The van der Waals surface area contributed by atoms with Gasteiger partial charge in [0.25, 0.3) is 11.8 Å². The molecule has 4 rings (SSSR count). The van der Waals surface area contributed by atoms with E-state index in [-0.39, 0.29) is 30.4 Å². The van der Waals surface area contributed by atoms with E-state index in [9.17, 15) is 18.0 Å². The van der Waals surface area contributed by atoms with Gasteiger partial charge in [0, 0.05) is 43.1 Å². The Kier molecular flexibility index (Phi) is 7.47. The summed E-state index contributed by atoms with van der Waals surface area (Å²) in [5.74, 6) is -0.356. The highest BCUT2D eigenvalue weighted by atomic mass is 35.5. The van der Waals surface area contributed by atoms with Crippen LogP contribution in [0.4, 0.5) is 0 Å². The first kappa shape index (κ1) is 24.6. The number of carbonyl (C=O) groups is 2. The van der Waals surface area contributed by atoms with Gasteiger partial charge in [-0.25, -0.2) is 13.1 Å². The third-order valence-corrected chi connectivity index (χ3v) is 9.13. The maximum absolute atomic E-state index is 13.5. The largest absolute Gasteiger partial charge is 0.347 e. The number of nitrogens with zero attached hydrogens (tertiary/aromatic N) is 2. The zero-order valence-corrected chi connectivity index (χ0v) is 21.7. The smallest absolute Gasteiger partial charge is 0.264 e. The average molecular weight is 531 g/mol. The highest BCUT2D eigenvalue weighted by molar-refractivity contribution is 7.88. The second kappa shape index (κ2) is 10.0. The minimum atomic E-state index is -3.41. The number of hydrogen-bond acceptors (Lipinski definition) is 7. The molecule has 0 bridgehead atoms. The third-order valence-electron chi connectivity index (χ3n) is 5.98. The molecule has 2 amide bonds. The van der Waals surface area contributed by atoms with Crippen molar-refractivity contribution in [2.75, 3.05) is 39.5 Å². The molecule has 33 heavy (non-hydrogen) atoms. The van der Waals surface area contributed by atoms with Gasteiger partial charge in [0.05, 0.1) is 20.3 Å². The number of amides is 2. The molecule has 2 aromatic heterocycles. The summed E-state index contributed by atoms with van der Waals surface area (Å²) < 4.78 is 26.4. The van der Waals surface area contributed by atoms with Crippen LogP contribution in [0, 0.1) is 0 Å². The lowest BCUT2D eigenvalue weighted by Gasteiger charge is -2.24. The first-order valence-electron chi connectivity index (χ1n) is 10.7.